The summed E-state index contributed by atoms with van der Waals surface area (Å²) >= 11 is 23.0. The molecule has 0 aliphatic heterocycles. The van der Waals surface area contributed by atoms with Crippen molar-refractivity contribution in [3.8, 4) is 0 Å². The van der Waals surface area contributed by atoms with Gasteiger partial charge in [0.2, 0.25) is 0 Å². The number of rotatable bonds is 4. The van der Waals surface area contributed by atoms with E-state index in [-0.39, 0.29) is 15.0 Å². The van der Waals surface area contributed by atoms with E-state index in [2.05, 4.69) is 0 Å². The Labute approximate surface area is 89.7 Å². The van der Waals surface area contributed by atoms with Crippen LogP contribution in [-0.4, -0.2) is 25.4 Å². The van der Waals surface area contributed by atoms with Gasteiger partial charge in [0.1, 0.15) is 0 Å². The fourth-order valence-corrected chi connectivity index (χ4v) is 7.43. The van der Waals surface area contributed by atoms with Crippen molar-refractivity contribution in [1.82, 2.24) is 4.23 Å². The summed E-state index contributed by atoms with van der Waals surface area (Å²) in [5, 5.41) is 0. The molecule has 0 rings (SSSR count). The third-order valence-corrected chi connectivity index (χ3v) is 8.23. The van der Waals surface area contributed by atoms with Crippen LogP contribution in [0.2, 0.25) is 0 Å². The summed E-state index contributed by atoms with van der Waals surface area (Å²) in [6.07, 6.45) is -1.80. The van der Waals surface area contributed by atoms with Crippen LogP contribution in [-0.2, 0) is 0 Å². The summed E-state index contributed by atoms with van der Waals surface area (Å²) in [7, 11) is 0.0589. The molecule has 0 saturated heterocycles. The Morgan fingerprint density at radius 3 is 2.00 bits per heavy atom. The van der Waals surface area contributed by atoms with Crippen LogP contribution in [0.5, 0.6) is 0 Å². The van der Waals surface area contributed by atoms with Crippen LogP contribution >= 0.6 is 44.3 Å². The molecule has 0 aliphatic carbocycles. The van der Waals surface area contributed by atoms with Crippen molar-refractivity contribution in [3.05, 3.63) is 0 Å². The highest BCUT2D eigenvalue weighted by Crippen LogP contribution is 2.27. The van der Waals surface area contributed by atoms with Gasteiger partial charge >= 0.3 is 6.16 Å². The molecule has 0 bridgehead atoms. The van der Waals surface area contributed by atoms with E-state index in [0.717, 1.165) is 6.42 Å². The van der Waals surface area contributed by atoms with Gasteiger partial charge in [0.25, 0.3) is 8.99 Å². The second-order valence-electron chi connectivity index (χ2n) is 2.18. The summed E-state index contributed by atoms with van der Waals surface area (Å²) in [5.41, 5.74) is 0. The summed E-state index contributed by atoms with van der Waals surface area (Å²) < 4.78 is 1.76. The van der Waals surface area contributed by atoms with Crippen LogP contribution < -0.4 is 0 Å². The van der Waals surface area contributed by atoms with Crippen LogP contribution in [0.4, 0.5) is 0 Å². The first kappa shape index (κ1) is 12.6. The van der Waals surface area contributed by atoms with E-state index in [1.807, 2.05) is 13.8 Å². The third-order valence-electron chi connectivity index (χ3n) is 1.40. The molecular weight excluding hydrogens is 260 g/mol. The Bertz CT molecular complexity index is 117. The lowest BCUT2D eigenvalue weighted by Crippen LogP contribution is -2.46. The highest BCUT2D eigenvalue weighted by Gasteiger charge is 2.37. The maximum absolute atomic E-state index is 5.79. The Hall–Kier alpha value is 1.55. The van der Waals surface area contributed by atoms with Gasteiger partial charge in [-0.25, -0.2) is 0 Å². The van der Waals surface area contributed by atoms with Crippen LogP contribution in [0, 0.1) is 0 Å². The minimum atomic E-state index is -2.74. The van der Waals surface area contributed by atoms with E-state index >= 15 is 0 Å². The molecule has 0 heterocycles. The summed E-state index contributed by atoms with van der Waals surface area (Å²) in [5.74, 6) is 0. The molecule has 1 unspecified atom stereocenters. The SMILES string of the molecule is CCC(C)N([Si]Cl)[Si](Cl)(Cl)Cl. The molecule has 0 fully saturated rings. The van der Waals surface area contributed by atoms with Gasteiger partial charge in [-0.1, -0.05) is 13.8 Å². The van der Waals surface area contributed by atoms with Crippen LogP contribution in [0.25, 0.3) is 0 Å². The quantitative estimate of drug-likeness (QED) is 0.560. The van der Waals surface area contributed by atoms with E-state index in [1.54, 1.807) is 4.23 Å². The largest absolute Gasteiger partial charge is 0.418 e. The topological polar surface area (TPSA) is 3.24 Å². The molecule has 66 valence electrons. The Morgan fingerprint density at radius 2 is 1.91 bits per heavy atom. The lowest BCUT2D eigenvalue weighted by atomic mass is 10.3. The first-order valence-electron chi connectivity index (χ1n) is 3.15. The second-order valence-corrected chi connectivity index (χ2v) is 11.9. The van der Waals surface area contributed by atoms with Crippen molar-refractivity contribution in [2.24, 2.45) is 0 Å². The van der Waals surface area contributed by atoms with Gasteiger partial charge in [-0.3, -0.25) is 4.23 Å². The molecule has 0 aliphatic rings. The van der Waals surface area contributed by atoms with Gasteiger partial charge in [-0.05, 0) is 12.5 Å². The number of hydrogen-bond donors (Lipinski definition) is 0. The zero-order chi connectivity index (χ0) is 9.07. The van der Waals surface area contributed by atoms with Crippen LogP contribution in [0.3, 0.4) is 0 Å². The summed E-state index contributed by atoms with van der Waals surface area (Å²) in [6.45, 7) is 4.05. The lowest BCUT2D eigenvalue weighted by molar-refractivity contribution is 0.498. The standard InChI is InChI=1S/C4H9Cl4NSi2/c1-3-4(2)9(10-5)11(6,7)8/h4H,3H2,1-2H3. The second kappa shape index (κ2) is 5.32. The van der Waals surface area contributed by atoms with Gasteiger partial charge in [-0.15, -0.1) is 44.3 Å². The molecule has 11 heavy (non-hydrogen) atoms. The zero-order valence-corrected chi connectivity index (χ0v) is 11.3. The predicted octanol–water partition coefficient (Wildman–Crippen LogP) is 3.01. The maximum atomic E-state index is 5.79. The molecule has 7 heteroatoms. The molecule has 0 saturated carbocycles. The minimum Gasteiger partial charge on any atom is -0.295 e. The molecular formula is C4H9Cl4NSi2. The van der Waals surface area contributed by atoms with Crippen molar-refractivity contribution in [2.45, 2.75) is 26.3 Å². The van der Waals surface area contributed by atoms with Gasteiger partial charge in [-0.2, -0.15) is 0 Å². The van der Waals surface area contributed by atoms with Gasteiger partial charge in [0.15, 0.2) is 0 Å². The average molecular weight is 269 g/mol. The minimum absolute atomic E-state index is 0.0589. The number of halogens is 4. The van der Waals surface area contributed by atoms with Gasteiger partial charge in [0.05, 0.1) is 0 Å². The average Bonchev–Trinajstić information content (AvgIpc) is 1.86. The van der Waals surface area contributed by atoms with Crippen molar-refractivity contribution in [1.29, 1.82) is 0 Å². The Morgan fingerprint density at radius 1 is 1.45 bits per heavy atom. The molecule has 0 aromatic heterocycles. The van der Waals surface area contributed by atoms with E-state index < -0.39 is 6.16 Å². The summed E-state index contributed by atoms with van der Waals surface area (Å²) in [4.78, 5) is 0. The predicted molar refractivity (Wildman–Crippen MR) is 56.5 cm³/mol. The van der Waals surface area contributed by atoms with E-state index in [1.165, 1.54) is 0 Å². The van der Waals surface area contributed by atoms with Gasteiger partial charge in [0, 0.05) is 0 Å². The van der Waals surface area contributed by atoms with Crippen molar-refractivity contribution < 1.29 is 0 Å². The number of nitrogens with zero attached hydrogens (tertiary/aromatic N) is 1. The third kappa shape index (κ3) is 4.36. The summed E-state index contributed by atoms with van der Waals surface area (Å²) in [6, 6.07) is 0.255. The Kier molecular flexibility index (Phi) is 6.07. The molecule has 0 spiro atoms. The zero-order valence-electron chi connectivity index (χ0n) is 6.24. The molecule has 0 aromatic carbocycles. The monoisotopic (exact) mass is 267 g/mol. The first-order chi connectivity index (χ1) is 4.93. The van der Waals surface area contributed by atoms with Crippen LogP contribution in [0.15, 0.2) is 0 Å². The first-order valence-corrected chi connectivity index (χ1v) is 10.1. The highest BCUT2D eigenvalue weighted by atomic mass is 35.8. The fraction of sp³-hybridized carbons (Fsp3) is 1.00. The molecule has 0 amide bonds. The van der Waals surface area contributed by atoms with E-state index in [4.69, 9.17) is 44.3 Å². The molecule has 1 atom stereocenters. The molecule has 1 nitrogen and oxygen atoms in total. The highest BCUT2D eigenvalue weighted by molar-refractivity contribution is 7.64. The Balaban J connectivity index is 4.16. The van der Waals surface area contributed by atoms with Crippen molar-refractivity contribution in [3.63, 3.8) is 0 Å². The normalized spacial score (nSPS) is 15.5. The number of hydrogen-bond acceptors (Lipinski definition) is 1. The maximum Gasteiger partial charge on any atom is 0.418 e. The fourth-order valence-electron chi connectivity index (χ4n) is 0.564. The smallest absolute Gasteiger partial charge is 0.295 e. The van der Waals surface area contributed by atoms with Crippen molar-refractivity contribution >= 4 is 59.5 Å². The molecule has 0 N–H and O–H groups in total. The molecule has 2 radical (unpaired) electrons. The molecule has 0 aromatic rings. The van der Waals surface area contributed by atoms with E-state index in [0.29, 0.717) is 0 Å². The van der Waals surface area contributed by atoms with E-state index in [9.17, 15) is 0 Å². The van der Waals surface area contributed by atoms with Crippen molar-refractivity contribution in [2.75, 3.05) is 0 Å². The van der Waals surface area contributed by atoms with Gasteiger partial charge < -0.3 is 0 Å². The van der Waals surface area contributed by atoms with Crippen LogP contribution in [0.1, 0.15) is 20.3 Å². The lowest BCUT2D eigenvalue weighted by Gasteiger charge is -2.29.